The molecule has 4 nitrogen and oxygen atoms in total. The Morgan fingerprint density at radius 3 is 1.81 bits per heavy atom. The van der Waals surface area contributed by atoms with Crippen molar-refractivity contribution in [3.63, 3.8) is 0 Å². The highest BCUT2D eigenvalue weighted by Gasteiger charge is 2.44. The largest absolute Gasteiger partial charge is 0.376 e. The quantitative estimate of drug-likeness (QED) is 0.138. The summed E-state index contributed by atoms with van der Waals surface area (Å²) in [4.78, 5) is 23.8. The van der Waals surface area contributed by atoms with Crippen LogP contribution in [-0.2, 0) is 9.59 Å². The van der Waals surface area contributed by atoms with Crippen LogP contribution < -0.4 is 0 Å². The van der Waals surface area contributed by atoms with Gasteiger partial charge in [0.2, 0.25) is 0 Å². The van der Waals surface area contributed by atoms with Crippen LogP contribution in [-0.4, -0.2) is 58.6 Å². The van der Waals surface area contributed by atoms with Gasteiger partial charge in [-0.05, 0) is 6.42 Å². The van der Waals surface area contributed by atoms with Gasteiger partial charge in [-0.1, -0.05) is 87.1 Å². The highest BCUT2D eigenvalue weighted by molar-refractivity contribution is 9.10. The van der Waals surface area contributed by atoms with Crippen LogP contribution >= 0.6 is 28.6 Å². The van der Waals surface area contributed by atoms with E-state index in [1.54, 1.807) is 0 Å². The van der Waals surface area contributed by atoms with Gasteiger partial charge in [0.15, 0.2) is 16.5 Å². The number of aliphatic hydroxyl groups is 1. The van der Waals surface area contributed by atoms with Crippen LogP contribution in [0.5, 0.6) is 0 Å². The van der Waals surface area contributed by atoms with E-state index in [0.29, 0.717) is 10.9 Å². The van der Waals surface area contributed by atoms with Crippen LogP contribution in [0.2, 0.25) is 0 Å². The van der Waals surface area contributed by atoms with Crippen LogP contribution in [0.4, 0.5) is 0 Å². The molecule has 0 aliphatic heterocycles. The lowest BCUT2D eigenvalue weighted by Crippen LogP contribution is -2.56. The SMILES string of the molecule is CCCCCCCCCCCCC(Br)C(=O)C(O)(CC(=O)S)C[N+](C)(C)C. The van der Waals surface area contributed by atoms with Gasteiger partial charge in [-0.3, -0.25) is 9.59 Å². The zero-order chi connectivity index (χ0) is 20.9. The van der Waals surface area contributed by atoms with Crippen molar-refractivity contribution in [1.82, 2.24) is 0 Å². The van der Waals surface area contributed by atoms with Crippen molar-refractivity contribution in [3.8, 4) is 0 Å². The number of unbranched alkanes of at least 4 members (excludes halogenated alkanes) is 9. The minimum atomic E-state index is -1.66. The maximum absolute atomic E-state index is 12.8. The molecular weight excluding hydrogens is 426 g/mol. The topological polar surface area (TPSA) is 54.4 Å². The number of rotatable bonds is 17. The summed E-state index contributed by atoms with van der Waals surface area (Å²) < 4.78 is 0.404. The van der Waals surface area contributed by atoms with Gasteiger partial charge in [-0.2, -0.15) is 0 Å². The Labute approximate surface area is 180 Å². The summed E-state index contributed by atoms with van der Waals surface area (Å²) in [7, 11) is 5.69. The molecule has 1 N–H and O–H groups in total. The predicted molar refractivity (Wildman–Crippen MR) is 121 cm³/mol. The average Bonchev–Trinajstić information content (AvgIpc) is 2.53. The molecule has 0 spiro atoms. The number of hydrogen-bond donors (Lipinski definition) is 2. The van der Waals surface area contributed by atoms with Gasteiger partial charge in [-0.25, -0.2) is 0 Å². The molecular formula is C21H41BrNO3S+. The molecule has 0 rings (SSSR count). The van der Waals surface area contributed by atoms with Gasteiger partial charge >= 0.3 is 0 Å². The molecule has 27 heavy (non-hydrogen) atoms. The molecule has 2 atom stereocenters. The maximum atomic E-state index is 12.8. The fourth-order valence-corrected chi connectivity index (χ4v) is 4.50. The predicted octanol–water partition coefficient (Wildman–Crippen LogP) is 4.91. The zero-order valence-corrected chi connectivity index (χ0v) is 20.3. The van der Waals surface area contributed by atoms with E-state index >= 15 is 0 Å². The lowest BCUT2D eigenvalue weighted by Gasteiger charge is -2.35. The number of thiol groups is 1. The van der Waals surface area contributed by atoms with E-state index in [0.717, 1.165) is 12.8 Å². The van der Waals surface area contributed by atoms with E-state index < -0.39 is 15.5 Å². The number of carbonyl (C=O) groups excluding carboxylic acids is 2. The second-order valence-electron chi connectivity index (χ2n) is 8.85. The number of hydrogen-bond acceptors (Lipinski definition) is 3. The smallest absolute Gasteiger partial charge is 0.189 e. The second kappa shape index (κ2) is 14.1. The van der Waals surface area contributed by atoms with Crippen LogP contribution in [0.15, 0.2) is 0 Å². The van der Waals surface area contributed by atoms with E-state index in [1.165, 1.54) is 51.4 Å². The minimum absolute atomic E-state index is 0.193. The van der Waals surface area contributed by atoms with Crippen molar-refractivity contribution in [1.29, 1.82) is 0 Å². The number of ketones is 1. The monoisotopic (exact) mass is 466 g/mol. The summed E-state index contributed by atoms with van der Waals surface area (Å²) in [5.41, 5.74) is -1.66. The van der Waals surface area contributed by atoms with Gasteiger partial charge in [0.1, 0.15) is 6.54 Å². The van der Waals surface area contributed by atoms with E-state index in [-0.39, 0.29) is 18.7 Å². The minimum Gasteiger partial charge on any atom is -0.376 e. The van der Waals surface area contributed by atoms with Crippen molar-refractivity contribution in [2.45, 2.75) is 94.4 Å². The summed E-state index contributed by atoms with van der Waals surface area (Å²) >= 11 is 7.22. The third-order valence-corrected chi connectivity index (χ3v) is 5.77. The fourth-order valence-electron chi connectivity index (χ4n) is 3.49. The standard InChI is InChI=1S/C21H40BrNO3S/c1-5-6-7-8-9-10-11-12-13-14-15-18(22)20(25)21(26,16-19(24)27)17-23(2,3)4/h18,26H,5-17H2,1-4H3/p+1. The number of alkyl halides is 1. The Bertz CT molecular complexity index is 440. The number of quaternary nitrogens is 1. The first-order valence-electron chi connectivity index (χ1n) is 10.4. The van der Waals surface area contributed by atoms with Crippen molar-refractivity contribution in [2.24, 2.45) is 0 Å². The highest BCUT2D eigenvalue weighted by atomic mass is 79.9. The first-order valence-corrected chi connectivity index (χ1v) is 11.8. The molecule has 2 unspecified atom stereocenters. The van der Waals surface area contributed by atoms with Crippen LogP contribution in [0.1, 0.15) is 84.0 Å². The lowest BCUT2D eigenvalue weighted by atomic mass is 9.90. The Morgan fingerprint density at radius 1 is 0.963 bits per heavy atom. The third kappa shape index (κ3) is 13.8. The molecule has 6 heteroatoms. The Balaban J connectivity index is 4.21. The van der Waals surface area contributed by atoms with E-state index in [1.807, 2.05) is 21.1 Å². The van der Waals surface area contributed by atoms with Crippen LogP contribution in [0.3, 0.4) is 0 Å². The summed E-state index contributed by atoms with van der Waals surface area (Å²) in [5.74, 6) is -0.297. The molecule has 0 saturated carbocycles. The van der Waals surface area contributed by atoms with Crippen LogP contribution in [0.25, 0.3) is 0 Å². The summed E-state index contributed by atoms with van der Waals surface area (Å²) in [5, 5.41) is 10.4. The first kappa shape index (κ1) is 27.1. The summed E-state index contributed by atoms with van der Waals surface area (Å²) in [6.45, 7) is 2.43. The summed E-state index contributed by atoms with van der Waals surface area (Å²) in [6, 6.07) is 0. The lowest BCUT2D eigenvalue weighted by molar-refractivity contribution is -0.875. The number of nitrogens with zero attached hydrogens (tertiary/aromatic N) is 1. The molecule has 160 valence electrons. The van der Waals surface area contributed by atoms with Gasteiger partial charge in [0, 0.05) is 0 Å². The van der Waals surface area contributed by atoms with Crippen LogP contribution in [0, 0.1) is 0 Å². The number of likely N-dealkylation sites (N-methyl/N-ethyl adjacent to an activating group) is 1. The first-order chi connectivity index (χ1) is 12.5. The van der Waals surface area contributed by atoms with E-state index in [9.17, 15) is 14.7 Å². The van der Waals surface area contributed by atoms with Gasteiger partial charge < -0.3 is 9.59 Å². The Hall–Kier alpha value is 0.0900. The van der Waals surface area contributed by atoms with E-state index in [4.69, 9.17) is 0 Å². The van der Waals surface area contributed by atoms with Crippen molar-refractivity contribution in [3.05, 3.63) is 0 Å². The third-order valence-electron chi connectivity index (χ3n) is 4.73. The fraction of sp³-hybridized carbons (Fsp3) is 0.905. The number of carbonyl (C=O) groups is 2. The highest BCUT2D eigenvalue weighted by Crippen LogP contribution is 2.25. The Kier molecular flexibility index (Phi) is 14.2. The molecule has 0 saturated heterocycles. The molecule has 0 fully saturated rings. The molecule has 0 radical (unpaired) electrons. The van der Waals surface area contributed by atoms with Crippen molar-refractivity contribution < 1.29 is 19.2 Å². The molecule has 0 amide bonds. The van der Waals surface area contributed by atoms with Crippen molar-refractivity contribution >= 4 is 39.5 Å². The molecule has 0 aliphatic carbocycles. The summed E-state index contributed by atoms with van der Waals surface area (Å²) in [6.07, 6.45) is 12.9. The Morgan fingerprint density at radius 2 is 1.41 bits per heavy atom. The number of Topliss-reactive ketones (excluding diaryl/α,β-unsaturated/α-hetero) is 1. The van der Waals surface area contributed by atoms with Crippen molar-refractivity contribution in [2.75, 3.05) is 27.7 Å². The number of halogens is 1. The molecule has 0 aromatic rings. The molecule has 0 aliphatic rings. The van der Waals surface area contributed by atoms with E-state index in [2.05, 4.69) is 35.5 Å². The zero-order valence-electron chi connectivity index (χ0n) is 17.8. The molecule has 0 aromatic heterocycles. The van der Waals surface area contributed by atoms with Gasteiger partial charge in [-0.15, -0.1) is 12.6 Å². The molecule has 0 aromatic carbocycles. The second-order valence-corrected chi connectivity index (χ2v) is 10.5. The normalized spacial score (nSPS) is 15.4. The van der Waals surface area contributed by atoms with Gasteiger partial charge in [0.25, 0.3) is 0 Å². The molecule has 0 bridgehead atoms. The van der Waals surface area contributed by atoms with Gasteiger partial charge in [0.05, 0.1) is 32.4 Å². The maximum Gasteiger partial charge on any atom is 0.189 e. The average molecular weight is 468 g/mol. The molecule has 0 heterocycles.